The fraction of sp³-hybridized carbons (Fsp3) is 0.395. The van der Waals surface area contributed by atoms with Crippen LogP contribution in [0, 0.1) is 0 Å². The van der Waals surface area contributed by atoms with Gasteiger partial charge in [-0.15, -0.1) is 0 Å². The van der Waals surface area contributed by atoms with Crippen LogP contribution in [0.1, 0.15) is 96.5 Å². The van der Waals surface area contributed by atoms with E-state index >= 15 is 0 Å². The van der Waals surface area contributed by atoms with Crippen molar-refractivity contribution in [3.8, 4) is 34.5 Å². The van der Waals surface area contributed by atoms with Gasteiger partial charge in [0, 0.05) is 37.3 Å². The van der Waals surface area contributed by atoms with Gasteiger partial charge in [0.2, 0.25) is 11.7 Å². The molecule has 1 aliphatic rings. The average molecular weight is 692 g/mol. The SMILES string of the molecule is COc1cc(C(CC(=O)NCC(O)c2cccc(O)c2)c2c(O)cc3c(c2O)C(=O)O[C@@H](C)CCCC(=O)CCC/C=C/3)cc(OC)c1OC. The molecule has 0 saturated heterocycles. The number of aliphatic hydroxyl groups is 1. The molecular formula is C38H45NO11. The highest BCUT2D eigenvalue weighted by Gasteiger charge is 2.32. The Morgan fingerprint density at radius 1 is 0.960 bits per heavy atom. The Morgan fingerprint density at radius 2 is 1.66 bits per heavy atom. The molecule has 0 radical (unpaired) electrons. The number of amides is 1. The number of ketones is 1. The molecule has 0 aromatic heterocycles. The van der Waals surface area contributed by atoms with Crippen LogP contribution in [0.25, 0.3) is 6.08 Å². The van der Waals surface area contributed by atoms with Gasteiger partial charge in [-0.3, -0.25) is 9.59 Å². The summed E-state index contributed by atoms with van der Waals surface area (Å²) in [6.07, 6.45) is 4.21. The predicted octanol–water partition coefficient (Wildman–Crippen LogP) is 5.68. The molecule has 0 aliphatic carbocycles. The Kier molecular flexibility index (Phi) is 13.1. The third-order valence-electron chi connectivity index (χ3n) is 8.63. The fourth-order valence-electron chi connectivity index (χ4n) is 6.03. The molecule has 1 heterocycles. The lowest BCUT2D eigenvalue weighted by molar-refractivity contribution is -0.122. The van der Waals surface area contributed by atoms with Crippen LogP contribution in [0.2, 0.25) is 0 Å². The lowest BCUT2D eigenvalue weighted by Crippen LogP contribution is -2.30. The van der Waals surface area contributed by atoms with Crippen molar-refractivity contribution in [2.24, 2.45) is 0 Å². The highest BCUT2D eigenvalue weighted by molar-refractivity contribution is 5.98. The number of benzene rings is 3. The predicted molar refractivity (Wildman–Crippen MR) is 185 cm³/mol. The molecule has 50 heavy (non-hydrogen) atoms. The van der Waals surface area contributed by atoms with Crippen molar-refractivity contribution in [1.29, 1.82) is 0 Å². The molecule has 5 N–H and O–H groups in total. The molecule has 3 atom stereocenters. The number of Topliss-reactive ketones (excluding diaryl/α,β-unsaturated/α-hetero) is 1. The first-order valence-electron chi connectivity index (χ1n) is 16.5. The lowest BCUT2D eigenvalue weighted by Gasteiger charge is -2.24. The van der Waals surface area contributed by atoms with Crippen LogP contribution in [0.5, 0.6) is 34.5 Å². The molecule has 12 nitrogen and oxygen atoms in total. The van der Waals surface area contributed by atoms with E-state index in [0.717, 1.165) is 0 Å². The van der Waals surface area contributed by atoms with Gasteiger partial charge in [-0.05, 0) is 79.6 Å². The second kappa shape index (κ2) is 17.4. The van der Waals surface area contributed by atoms with E-state index in [0.29, 0.717) is 49.7 Å². The minimum atomic E-state index is -1.14. The van der Waals surface area contributed by atoms with Gasteiger partial charge in [-0.1, -0.05) is 24.3 Å². The number of aliphatic hydroxyl groups excluding tert-OH is 1. The van der Waals surface area contributed by atoms with Gasteiger partial charge in [0.15, 0.2) is 11.5 Å². The molecular weight excluding hydrogens is 646 g/mol. The highest BCUT2D eigenvalue weighted by Crippen LogP contribution is 2.47. The minimum Gasteiger partial charge on any atom is -0.508 e. The summed E-state index contributed by atoms with van der Waals surface area (Å²) in [6.45, 7) is 1.50. The molecule has 0 fully saturated rings. The van der Waals surface area contributed by atoms with E-state index in [9.17, 15) is 34.8 Å². The molecule has 3 aromatic rings. The maximum absolute atomic E-state index is 13.7. The summed E-state index contributed by atoms with van der Waals surface area (Å²) in [7, 11) is 4.28. The largest absolute Gasteiger partial charge is 0.508 e. The Balaban J connectivity index is 1.81. The van der Waals surface area contributed by atoms with E-state index in [-0.39, 0.29) is 58.4 Å². The smallest absolute Gasteiger partial charge is 0.342 e. The Bertz CT molecular complexity index is 1690. The molecule has 1 amide bonds. The van der Waals surface area contributed by atoms with Crippen molar-refractivity contribution < 1.29 is 53.8 Å². The summed E-state index contributed by atoms with van der Waals surface area (Å²) in [5, 5.41) is 46.5. The normalized spacial score (nSPS) is 17.3. The zero-order chi connectivity index (χ0) is 36.4. The number of rotatable bonds is 10. The number of phenolic OH excluding ortho intramolecular Hbond substituents is 3. The third-order valence-corrected chi connectivity index (χ3v) is 8.63. The van der Waals surface area contributed by atoms with Crippen LogP contribution in [-0.4, -0.2) is 72.1 Å². The number of fused-ring (bicyclic) bond motifs is 1. The molecule has 3 aromatic carbocycles. The van der Waals surface area contributed by atoms with Gasteiger partial charge < -0.3 is 44.7 Å². The molecule has 12 heteroatoms. The number of carbonyl (C=O) groups is 3. The number of methoxy groups -OCH3 is 3. The zero-order valence-electron chi connectivity index (χ0n) is 28.7. The number of nitrogens with one attached hydrogen (secondary N) is 1. The number of esters is 1. The van der Waals surface area contributed by atoms with E-state index in [2.05, 4.69) is 5.32 Å². The third kappa shape index (κ3) is 9.26. The Hall–Kier alpha value is -5.23. The zero-order valence-corrected chi connectivity index (χ0v) is 28.7. The molecule has 0 spiro atoms. The molecule has 0 saturated carbocycles. The number of allylic oxidation sites excluding steroid dienone is 1. The van der Waals surface area contributed by atoms with E-state index in [1.807, 2.05) is 0 Å². The number of carbonyl (C=O) groups excluding carboxylic acids is 3. The first-order chi connectivity index (χ1) is 24.0. The summed E-state index contributed by atoms with van der Waals surface area (Å²) in [5.41, 5.74) is 0.654. The maximum Gasteiger partial charge on any atom is 0.342 e. The topological polar surface area (TPSA) is 181 Å². The van der Waals surface area contributed by atoms with Crippen molar-refractivity contribution in [2.45, 2.75) is 70.0 Å². The van der Waals surface area contributed by atoms with Crippen LogP contribution in [0.3, 0.4) is 0 Å². The number of cyclic esters (lactones) is 1. The van der Waals surface area contributed by atoms with E-state index in [1.54, 1.807) is 43.3 Å². The quantitative estimate of drug-likeness (QED) is 0.165. The molecule has 2 unspecified atom stereocenters. The molecule has 0 bridgehead atoms. The van der Waals surface area contributed by atoms with Crippen LogP contribution in [0.15, 0.2) is 48.5 Å². The van der Waals surface area contributed by atoms with E-state index < -0.39 is 41.5 Å². The van der Waals surface area contributed by atoms with Crippen LogP contribution < -0.4 is 19.5 Å². The van der Waals surface area contributed by atoms with Crippen molar-refractivity contribution in [3.63, 3.8) is 0 Å². The molecule has 1 aliphatic heterocycles. The maximum atomic E-state index is 13.7. The Labute approximate surface area is 291 Å². The van der Waals surface area contributed by atoms with Crippen LogP contribution >= 0.6 is 0 Å². The second-order valence-electron chi connectivity index (χ2n) is 12.2. The van der Waals surface area contributed by atoms with Crippen LogP contribution in [0.4, 0.5) is 0 Å². The summed E-state index contributed by atoms with van der Waals surface area (Å²) in [4.78, 5) is 39.4. The van der Waals surface area contributed by atoms with Gasteiger partial charge in [-0.2, -0.15) is 0 Å². The first-order valence-corrected chi connectivity index (χ1v) is 16.5. The van der Waals surface area contributed by atoms with Gasteiger partial charge in [-0.25, -0.2) is 4.79 Å². The van der Waals surface area contributed by atoms with Gasteiger partial charge in [0.1, 0.15) is 28.6 Å². The second-order valence-corrected chi connectivity index (χ2v) is 12.2. The van der Waals surface area contributed by atoms with Gasteiger partial charge in [0.25, 0.3) is 0 Å². The van der Waals surface area contributed by atoms with Gasteiger partial charge >= 0.3 is 5.97 Å². The Morgan fingerprint density at radius 3 is 2.32 bits per heavy atom. The number of ether oxygens (including phenoxy) is 4. The number of hydrogen-bond acceptors (Lipinski definition) is 11. The minimum absolute atomic E-state index is 0.0402. The van der Waals surface area contributed by atoms with Crippen molar-refractivity contribution >= 4 is 23.7 Å². The standard InChI is InChI=1S/C38H45NO11/c1-22-10-8-14-26(40)13-7-5-6-11-24-17-29(42)35(36(45)34(24)38(46)50-22)28(25-18-31(47-2)37(49-4)32(19-25)48-3)20-33(44)39-21-30(43)23-12-9-15-27(41)16-23/h6,9,11-12,15-19,22,28,30,41-43,45H,5,7-8,10,13-14,20-21H2,1-4H3,(H,39,44)/b11-6+/t22-,28?,30?/m0/s1. The monoisotopic (exact) mass is 691 g/mol. The lowest BCUT2D eigenvalue weighted by atomic mass is 9.84. The van der Waals surface area contributed by atoms with Crippen molar-refractivity contribution in [3.05, 3.63) is 76.4 Å². The fourth-order valence-corrected chi connectivity index (χ4v) is 6.03. The van der Waals surface area contributed by atoms with Crippen molar-refractivity contribution in [2.75, 3.05) is 27.9 Å². The number of aromatic hydroxyl groups is 3. The van der Waals surface area contributed by atoms with Crippen LogP contribution in [-0.2, 0) is 14.3 Å². The van der Waals surface area contributed by atoms with Crippen molar-refractivity contribution in [1.82, 2.24) is 5.32 Å². The van der Waals surface area contributed by atoms with Gasteiger partial charge in [0.05, 0.1) is 33.5 Å². The summed E-state index contributed by atoms with van der Waals surface area (Å²) in [6, 6.07) is 10.5. The van der Waals surface area contributed by atoms with E-state index in [4.69, 9.17) is 18.9 Å². The van der Waals surface area contributed by atoms with E-state index in [1.165, 1.54) is 39.5 Å². The summed E-state index contributed by atoms with van der Waals surface area (Å²) >= 11 is 0. The number of hydrogen-bond donors (Lipinski definition) is 5. The summed E-state index contributed by atoms with van der Waals surface area (Å²) in [5.74, 6) is -2.57. The first kappa shape index (κ1) is 37.6. The molecule has 268 valence electrons. The highest BCUT2D eigenvalue weighted by atomic mass is 16.5. The summed E-state index contributed by atoms with van der Waals surface area (Å²) < 4.78 is 22.3. The average Bonchev–Trinajstić information content (AvgIpc) is 3.08. The number of phenols is 3. The molecule has 4 rings (SSSR count).